The average molecular weight is 725 g/mol. The minimum Gasteiger partial charge on any atom is -0.448 e. The predicted molar refractivity (Wildman–Crippen MR) is 182 cm³/mol. The van der Waals surface area contributed by atoms with Crippen LogP contribution >= 0.6 is 11.8 Å². The Balaban J connectivity index is 1.36. The van der Waals surface area contributed by atoms with Gasteiger partial charge in [-0.1, -0.05) is 60.7 Å². The number of nitrogens with zero attached hydrogens (tertiary/aromatic N) is 8. The number of alkyl halides is 3. The number of ether oxygens (including phenoxy) is 2. The summed E-state index contributed by atoms with van der Waals surface area (Å²) in [5.74, 6) is -0.0431. The quantitative estimate of drug-likeness (QED) is 0.164. The Morgan fingerprint density at radius 2 is 1.75 bits per heavy atom. The van der Waals surface area contributed by atoms with E-state index in [0.29, 0.717) is 18.9 Å². The molecule has 3 aromatic heterocycles. The summed E-state index contributed by atoms with van der Waals surface area (Å²) in [6.45, 7) is 2.14. The van der Waals surface area contributed by atoms with Gasteiger partial charge in [0.2, 0.25) is 11.8 Å². The van der Waals surface area contributed by atoms with E-state index >= 15 is 0 Å². The number of benzene rings is 2. The summed E-state index contributed by atoms with van der Waals surface area (Å²) in [5.41, 5.74) is 2.49. The molecule has 0 amide bonds. The summed E-state index contributed by atoms with van der Waals surface area (Å²) < 4.78 is 52.1. The normalized spacial score (nSPS) is 19.8. The van der Waals surface area contributed by atoms with Crippen LogP contribution in [-0.2, 0) is 20.8 Å². The van der Waals surface area contributed by atoms with Crippen molar-refractivity contribution >= 4 is 40.7 Å². The molecule has 2 aliphatic heterocycles. The lowest BCUT2D eigenvalue weighted by molar-refractivity contribution is -0.211. The van der Waals surface area contributed by atoms with Crippen LogP contribution in [0, 0.1) is 0 Å². The smallest absolute Gasteiger partial charge is 0.448 e. The molecule has 5 aromatic rings. The second kappa shape index (κ2) is 14.8. The Morgan fingerprint density at radius 3 is 2.37 bits per heavy atom. The van der Waals surface area contributed by atoms with Crippen molar-refractivity contribution in [1.29, 1.82) is 0 Å². The molecule has 0 bridgehead atoms. The molecule has 0 spiro atoms. The van der Waals surface area contributed by atoms with E-state index in [2.05, 4.69) is 26.0 Å². The van der Waals surface area contributed by atoms with Crippen molar-refractivity contribution in [3.63, 3.8) is 0 Å². The second-order valence-electron chi connectivity index (χ2n) is 12.1. The Labute approximate surface area is 294 Å². The molecular formula is C33H35F3N10O4S. The lowest BCUT2D eigenvalue weighted by Gasteiger charge is -2.24. The van der Waals surface area contributed by atoms with Gasteiger partial charge in [0, 0.05) is 18.5 Å². The number of esters is 1. The molecule has 2 fully saturated rings. The third-order valence-electron chi connectivity index (χ3n) is 8.73. The Kier molecular flexibility index (Phi) is 10.1. The Morgan fingerprint density at radius 1 is 1.06 bits per heavy atom. The first-order valence-corrected chi connectivity index (χ1v) is 17.7. The third-order valence-corrected chi connectivity index (χ3v) is 9.78. The molecule has 2 aliphatic rings. The number of anilines is 2. The zero-order valence-corrected chi connectivity index (χ0v) is 28.2. The summed E-state index contributed by atoms with van der Waals surface area (Å²) >= 11 is 1.86. The number of carbonyl (C=O) groups excluding carboxylic acids is 1. The topological polar surface area (TPSA) is 167 Å². The van der Waals surface area contributed by atoms with Crippen molar-refractivity contribution in [1.82, 2.24) is 39.7 Å². The SMILES string of the molecule is CCn1nnc(-c2nc3c(NCC(c4ccccc4)c4ccccc4)nc(NC4CCSCC4)nc3n2[C@@H]2OC[C@H](O)[C@H]2OC(=O)C(F)(F)F)n1. The molecule has 0 aliphatic carbocycles. The second-order valence-corrected chi connectivity index (χ2v) is 13.3. The molecular weight excluding hydrogens is 689 g/mol. The number of aromatic nitrogens is 8. The molecule has 18 heteroatoms. The standard InChI is InChI=1S/C33H35F3N10O4S/c1-2-45-43-27(42-44-45)29-39-24-26(37-17-22(19-9-5-3-6-10-19)20-11-7-4-8-12-20)40-32(38-21-13-15-51-16-14-21)41-28(24)46(29)30-25(23(47)18-49-30)50-31(48)33(34,35)36/h3-12,21-23,25,30,47H,2,13-18H2,1H3,(H2,37,38,40,41)/t23-,25+,30+/m0/s1. The number of hydrogen-bond donors (Lipinski definition) is 3. The van der Waals surface area contributed by atoms with Crippen molar-refractivity contribution in [2.75, 3.05) is 35.3 Å². The van der Waals surface area contributed by atoms with Gasteiger partial charge in [-0.3, -0.25) is 4.57 Å². The van der Waals surface area contributed by atoms with E-state index in [1.807, 2.05) is 79.3 Å². The molecule has 2 saturated heterocycles. The summed E-state index contributed by atoms with van der Waals surface area (Å²) in [5, 5.41) is 30.2. The van der Waals surface area contributed by atoms with E-state index in [-0.39, 0.29) is 40.7 Å². The molecule has 2 aromatic carbocycles. The number of imidazole rings is 1. The van der Waals surface area contributed by atoms with E-state index in [9.17, 15) is 23.1 Å². The van der Waals surface area contributed by atoms with Gasteiger partial charge in [-0.25, -0.2) is 9.78 Å². The van der Waals surface area contributed by atoms with Gasteiger partial charge in [0.05, 0.1) is 13.2 Å². The molecule has 268 valence electrons. The zero-order chi connectivity index (χ0) is 35.5. The van der Waals surface area contributed by atoms with Crippen LogP contribution in [0.4, 0.5) is 24.9 Å². The fourth-order valence-electron chi connectivity index (χ4n) is 6.17. The minimum atomic E-state index is -5.30. The van der Waals surface area contributed by atoms with E-state index in [4.69, 9.17) is 24.4 Å². The lowest BCUT2D eigenvalue weighted by Crippen LogP contribution is -2.38. The van der Waals surface area contributed by atoms with E-state index in [0.717, 1.165) is 35.5 Å². The minimum absolute atomic E-state index is 0.0111. The maximum absolute atomic E-state index is 13.4. The number of rotatable bonds is 11. The number of aryl methyl sites for hydroxylation is 1. The van der Waals surface area contributed by atoms with Crippen LogP contribution in [0.15, 0.2) is 60.7 Å². The summed E-state index contributed by atoms with van der Waals surface area (Å²) in [4.78, 5) is 27.8. The van der Waals surface area contributed by atoms with Crippen LogP contribution in [0.25, 0.3) is 22.8 Å². The van der Waals surface area contributed by atoms with Gasteiger partial charge in [0.1, 0.15) is 6.10 Å². The van der Waals surface area contributed by atoms with Crippen molar-refractivity contribution in [2.24, 2.45) is 0 Å². The Hall–Kier alpha value is -4.81. The maximum Gasteiger partial charge on any atom is 0.490 e. The number of halogens is 3. The number of aliphatic hydroxyl groups excluding tert-OH is 1. The molecule has 51 heavy (non-hydrogen) atoms. The molecule has 0 radical (unpaired) electrons. The van der Waals surface area contributed by atoms with Crippen molar-refractivity contribution < 1.29 is 32.5 Å². The van der Waals surface area contributed by atoms with Crippen LogP contribution in [0.1, 0.15) is 43.0 Å². The number of hydrogen-bond acceptors (Lipinski definition) is 13. The largest absolute Gasteiger partial charge is 0.490 e. The first-order valence-electron chi connectivity index (χ1n) is 16.5. The predicted octanol–water partition coefficient (Wildman–Crippen LogP) is 4.42. The highest BCUT2D eigenvalue weighted by Crippen LogP contribution is 2.37. The number of fused-ring (bicyclic) bond motifs is 1. The molecule has 0 saturated carbocycles. The van der Waals surface area contributed by atoms with Gasteiger partial charge in [-0.15, -0.1) is 10.2 Å². The fraction of sp³-hybridized carbons (Fsp3) is 0.424. The highest BCUT2D eigenvalue weighted by molar-refractivity contribution is 7.99. The van der Waals surface area contributed by atoms with Crippen molar-refractivity contribution in [3.8, 4) is 11.6 Å². The lowest BCUT2D eigenvalue weighted by atomic mass is 9.91. The first-order chi connectivity index (χ1) is 24.7. The molecule has 0 unspecified atom stereocenters. The van der Waals surface area contributed by atoms with Gasteiger partial charge < -0.3 is 25.2 Å². The highest BCUT2D eigenvalue weighted by Gasteiger charge is 2.49. The number of carbonyl (C=O) groups is 1. The van der Waals surface area contributed by atoms with Gasteiger partial charge in [-0.05, 0) is 47.6 Å². The van der Waals surface area contributed by atoms with Crippen LogP contribution in [0.5, 0.6) is 0 Å². The zero-order valence-electron chi connectivity index (χ0n) is 27.4. The van der Waals surface area contributed by atoms with Crippen LogP contribution in [0.2, 0.25) is 0 Å². The van der Waals surface area contributed by atoms with Gasteiger partial charge in [-0.2, -0.15) is 39.7 Å². The van der Waals surface area contributed by atoms with E-state index in [1.165, 1.54) is 9.36 Å². The summed E-state index contributed by atoms with van der Waals surface area (Å²) in [7, 11) is 0. The summed E-state index contributed by atoms with van der Waals surface area (Å²) in [6.07, 6.45) is -8.39. The molecule has 3 N–H and O–H groups in total. The molecule has 14 nitrogen and oxygen atoms in total. The molecule has 3 atom stereocenters. The van der Waals surface area contributed by atoms with Crippen molar-refractivity contribution in [2.45, 2.75) is 62.9 Å². The van der Waals surface area contributed by atoms with E-state index in [1.54, 1.807) is 0 Å². The average Bonchev–Trinajstić information content (AvgIpc) is 3.86. The number of thioether (sulfide) groups is 1. The van der Waals surface area contributed by atoms with Crippen molar-refractivity contribution in [3.05, 3.63) is 71.8 Å². The number of tetrazole rings is 1. The fourth-order valence-corrected chi connectivity index (χ4v) is 7.28. The Bertz CT molecular complexity index is 1920. The van der Waals surface area contributed by atoms with E-state index < -0.39 is 37.2 Å². The summed E-state index contributed by atoms with van der Waals surface area (Å²) in [6, 6.07) is 20.1. The maximum atomic E-state index is 13.4. The third kappa shape index (κ3) is 7.48. The van der Waals surface area contributed by atoms with Gasteiger partial charge in [0.15, 0.2) is 35.1 Å². The highest BCUT2D eigenvalue weighted by atomic mass is 32.2. The van der Waals surface area contributed by atoms with Crippen LogP contribution in [-0.4, -0.2) is 99.9 Å². The molecule has 7 rings (SSSR count). The van der Waals surface area contributed by atoms with Gasteiger partial charge in [0.25, 0.3) is 0 Å². The van der Waals surface area contributed by atoms with Crippen LogP contribution < -0.4 is 10.6 Å². The van der Waals surface area contributed by atoms with Gasteiger partial charge >= 0.3 is 12.1 Å². The monoisotopic (exact) mass is 724 g/mol. The van der Waals surface area contributed by atoms with Crippen LogP contribution in [0.3, 0.4) is 0 Å². The first kappa shape index (κ1) is 34.6. The number of aliphatic hydroxyl groups is 1. The molecule has 5 heterocycles. The number of nitrogens with one attached hydrogen (secondary N) is 2.